The van der Waals surface area contributed by atoms with E-state index in [0.29, 0.717) is 11.3 Å². The van der Waals surface area contributed by atoms with E-state index in [1.807, 2.05) is 24.3 Å². The van der Waals surface area contributed by atoms with Gasteiger partial charge in [0.25, 0.3) is 0 Å². The molecule has 15 nitrogen and oxygen atoms in total. The zero-order valence-electron chi connectivity index (χ0n) is 24.7. The zero-order chi connectivity index (χ0) is 33.2. The summed E-state index contributed by atoms with van der Waals surface area (Å²) in [5, 5.41) is 27.9. The molecule has 4 unspecified atom stereocenters. The molecule has 0 saturated heterocycles. The molecule has 0 radical (unpaired) electrons. The number of rotatable bonds is 16. The fourth-order valence-electron chi connectivity index (χ4n) is 4.90. The van der Waals surface area contributed by atoms with Crippen molar-refractivity contribution in [2.24, 2.45) is 11.5 Å². The van der Waals surface area contributed by atoms with E-state index in [4.69, 9.17) is 11.5 Å². The van der Waals surface area contributed by atoms with Gasteiger partial charge in [0.2, 0.25) is 23.6 Å². The normalized spacial score (nSPS) is 13.7. The average Bonchev–Trinajstić information content (AvgIpc) is 3.69. The Bertz CT molecular complexity index is 1670. The number of para-hydroxylation sites is 1. The Balaban J connectivity index is 1.53. The molecule has 4 amide bonds. The van der Waals surface area contributed by atoms with E-state index in [2.05, 4.69) is 30.9 Å². The number of phenols is 1. The van der Waals surface area contributed by atoms with Crippen molar-refractivity contribution >= 4 is 40.5 Å². The first kappa shape index (κ1) is 33.2. The summed E-state index contributed by atoms with van der Waals surface area (Å²) in [4.78, 5) is 73.3. The molecule has 4 aromatic rings. The molecule has 0 spiro atoms. The second kappa shape index (κ2) is 15.3. The molecule has 0 saturated carbocycles. The Morgan fingerprint density at radius 2 is 1.48 bits per heavy atom. The number of hydrogen-bond acceptors (Lipinski definition) is 8. The van der Waals surface area contributed by atoms with E-state index in [1.54, 1.807) is 18.3 Å². The molecule has 0 bridgehead atoms. The van der Waals surface area contributed by atoms with Crippen LogP contribution in [0.5, 0.6) is 5.75 Å². The van der Waals surface area contributed by atoms with E-state index in [9.17, 15) is 34.2 Å². The van der Waals surface area contributed by atoms with Crippen molar-refractivity contribution < 1.29 is 34.2 Å². The van der Waals surface area contributed by atoms with Gasteiger partial charge < -0.3 is 47.6 Å². The molecule has 11 N–H and O–H groups in total. The number of aromatic amines is 2. The van der Waals surface area contributed by atoms with E-state index in [0.717, 1.165) is 16.5 Å². The van der Waals surface area contributed by atoms with E-state index < -0.39 is 53.8 Å². The van der Waals surface area contributed by atoms with Crippen molar-refractivity contribution in [2.45, 2.75) is 56.3 Å². The van der Waals surface area contributed by atoms with Gasteiger partial charge in [-0.25, -0.2) is 9.78 Å². The number of nitrogens with zero attached hydrogens (tertiary/aromatic N) is 1. The Hall–Kier alpha value is -5.70. The molecular formula is C31H36N8O7. The predicted molar refractivity (Wildman–Crippen MR) is 166 cm³/mol. The number of nitrogens with one attached hydrogen (secondary N) is 5. The Kier molecular flexibility index (Phi) is 11.1. The number of hydrogen-bond donors (Lipinski definition) is 9. The number of H-pyrrole nitrogens is 2. The zero-order valence-corrected chi connectivity index (χ0v) is 24.7. The predicted octanol–water partition coefficient (Wildman–Crippen LogP) is -0.244. The maximum Gasteiger partial charge on any atom is 0.326 e. The smallest absolute Gasteiger partial charge is 0.326 e. The van der Waals surface area contributed by atoms with Crippen molar-refractivity contribution in [1.29, 1.82) is 0 Å². The summed E-state index contributed by atoms with van der Waals surface area (Å²) in [6.45, 7) is 0. The maximum atomic E-state index is 13.7. The highest BCUT2D eigenvalue weighted by Crippen LogP contribution is 2.19. The van der Waals surface area contributed by atoms with Crippen molar-refractivity contribution in [1.82, 2.24) is 30.9 Å². The van der Waals surface area contributed by atoms with Crippen LogP contribution in [0.25, 0.3) is 10.9 Å². The highest BCUT2D eigenvalue weighted by molar-refractivity contribution is 5.95. The quantitative estimate of drug-likeness (QED) is 0.0788. The van der Waals surface area contributed by atoms with Gasteiger partial charge in [-0.05, 0) is 42.2 Å². The highest BCUT2D eigenvalue weighted by atomic mass is 16.4. The van der Waals surface area contributed by atoms with Gasteiger partial charge in [-0.3, -0.25) is 19.2 Å². The molecule has 2 heterocycles. The van der Waals surface area contributed by atoms with Crippen LogP contribution in [0.15, 0.2) is 67.3 Å². The largest absolute Gasteiger partial charge is 0.508 e. The van der Waals surface area contributed by atoms with Gasteiger partial charge in [0.1, 0.15) is 23.9 Å². The highest BCUT2D eigenvalue weighted by Gasteiger charge is 2.31. The lowest BCUT2D eigenvalue weighted by molar-refractivity contribution is -0.142. The SMILES string of the molecule is NC(=O)CCC(NC(=O)C(Cc1cnc[nH]1)NC(=O)C(Cc1ccc(O)cc1)NC(=O)C(N)Cc1c[nH]c2ccccc12)C(=O)O. The molecule has 15 heteroatoms. The lowest BCUT2D eigenvalue weighted by Crippen LogP contribution is -2.58. The van der Waals surface area contributed by atoms with Crippen LogP contribution in [0.3, 0.4) is 0 Å². The van der Waals surface area contributed by atoms with Gasteiger partial charge >= 0.3 is 5.97 Å². The number of benzene rings is 2. The molecule has 4 rings (SSSR count). The van der Waals surface area contributed by atoms with Crippen molar-refractivity contribution in [2.75, 3.05) is 0 Å². The maximum absolute atomic E-state index is 13.7. The molecule has 4 atom stereocenters. The number of carboxylic acids is 1. The number of nitrogens with two attached hydrogens (primary N) is 2. The number of fused-ring (bicyclic) bond motifs is 1. The van der Waals surface area contributed by atoms with Crippen LogP contribution in [-0.2, 0) is 43.2 Å². The number of carboxylic acid groups (broad SMARTS) is 1. The summed E-state index contributed by atoms with van der Waals surface area (Å²) in [5.74, 6) is -4.32. The number of primary amides is 1. The molecule has 0 aliphatic carbocycles. The second-order valence-corrected chi connectivity index (χ2v) is 10.8. The molecule has 46 heavy (non-hydrogen) atoms. The van der Waals surface area contributed by atoms with Crippen LogP contribution >= 0.6 is 0 Å². The topological polar surface area (TPSA) is 258 Å². The summed E-state index contributed by atoms with van der Waals surface area (Å²) >= 11 is 0. The average molecular weight is 633 g/mol. The number of carbonyl (C=O) groups is 5. The Morgan fingerprint density at radius 3 is 2.13 bits per heavy atom. The first-order chi connectivity index (χ1) is 22.0. The first-order valence-electron chi connectivity index (χ1n) is 14.5. The van der Waals surface area contributed by atoms with E-state index >= 15 is 0 Å². The number of amides is 4. The molecule has 2 aromatic heterocycles. The minimum Gasteiger partial charge on any atom is -0.508 e. The summed E-state index contributed by atoms with van der Waals surface area (Å²) in [6, 6.07) is 8.59. The van der Waals surface area contributed by atoms with Gasteiger partial charge in [0.15, 0.2) is 0 Å². The Labute approximate surface area is 263 Å². The third-order valence-corrected chi connectivity index (χ3v) is 7.37. The standard InChI is InChI=1S/C31H36N8O7/c32-22(12-18-14-35-23-4-2-1-3-21(18)23)28(42)38-25(11-17-5-7-20(40)8-6-17)29(43)39-26(13-19-15-34-16-36-19)30(44)37-24(31(45)46)9-10-27(33)41/h1-8,14-16,22,24-26,35,40H,9-13,32H2,(H2,33,41)(H,34,36)(H,37,44)(H,38,42)(H,39,43)(H,45,46). The van der Waals surface area contributed by atoms with Crippen LogP contribution in [0.4, 0.5) is 0 Å². The fourth-order valence-corrected chi connectivity index (χ4v) is 4.90. The molecule has 2 aromatic carbocycles. The van der Waals surface area contributed by atoms with Crippen LogP contribution in [0.2, 0.25) is 0 Å². The van der Waals surface area contributed by atoms with Gasteiger partial charge in [0, 0.05) is 48.3 Å². The molecule has 0 fully saturated rings. The molecular weight excluding hydrogens is 596 g/mol. The first-order valence-corrected chi connectivity index (χ1v) is 14.5. The van der Waals surface area contributed by atoms with E-state index in [-0.39, 0.29) is 37.9 Å². The number of aromatic hydroxyl groups is 1. The number of imidazole rings is 1. The summed E-state index contributed by atoms with van der Waals surface area (Å²) < 4.78 is 0. The fraction of sp³-hybridized carbons (Fsp3) is 0.290. The van der Waals surface area contributed by atoms with Crippen LogP contribution in [0.1, 0.15) is 29.7 Å². The van der Waals surface area contributed by atoms with Crippen molar-refractivity contribution in [3.63, 3.8) is 0 Å². The van der Waals surface area contributed by atoms with Crippen LogP contribution < -0.4 is 27.4 Å². The molecule has 0 aliphatic rings. The van der Waals surface area contributed by atoms with Gasteiger partial charge in [-0.1, -0.05) is 30.3 Å². The van der Waals surface area contributed by atoms with Gasteiger partial charge in [0.05, 0.1) is 12.4 Å². The summed E-state index contributed by atoms with van der Waals surface area (Å²) in [5.41, 5.74) is 14.2. The second-order valence-electron chi connectivity index (χ2n) is 10.8. The number of aliphatic carboxylic acids is 1. The summed E-state index contributed by atoms with van der Waals surface area (Å²) in [7, 11) is 0. The van der Waals surface area contributed by atoms with Gasteiger partial charge in [-0.2, -0.15) is 0 Å². The third-order valence-electron chi connectivity index (χ3n) is 7.37. The van der Waals surface area contributed by atoms with E-state index in [1.165, 1.54) is 24.7 Å². The number of phenolic OH excluding ortho intramolecular Hbond substituents is 1. The monoisotopic (exact) mass is 632 g/mol. The molecule has 242 valence electrons. The van der Waals surface area contributed by atoms with Gasteiger partial charge in [-0.15, -0.1) is 0 Å². The number of carbonyl (C=O) groups excluding carboxylic acids is 4. The number of aromatic nitrogens is 3. The van der Waals surface area contributed by atoms with Crippen molar-refractivity contribution in [3.8, 4) is 5.75 Å². The Morgan fingerprint density at radius 1 is 0.826 bits per heavy atom. The molecule has 0 aliphatic heterocycles. The lowest BCUT2D eigenvalue weighted by atomic mass is 10.0. The van der Waals surface area contributed by atoms with Crippen molar-refractivity contribution in [3.05, 3.63) is 84.1 Å². The van der Waals surface area contributed by atoms with Crippen LogP contribution in [0, 0.1) is 0 Å². The minimum absolute atomic E-state index is 0.00940. The van der Waals surface area contributed by atoms with Crippen LogP contribution in [-0.4, -0.2) is 78.9 Å². The minimum atomic E-state index is -1.45. The lowest BCUT2D eigenvalue weighted by Gasteiger charge is -2.25. The summed E-state index contributed by atoms with van der Waals surface area (Å²) in [6.07, 6.45) is 4.10. The third kappa shape index (κ3) is 9.15.